The Morgan fingerprint density at radius 1 is 0.923 bits per heavy atom. The number of alkyl halides is 2. The van der Waals surface area contributed by atoms with Crippen molar-refractivity contribution in [2.75, 3.05) is 0 Å². The third kappa shape index (κ3) is 6.59. The van der Waals surface area contributed by atoms with Crippen LogP contribution >= 0.6 is 23.2 Å². The second-order valence-corrected chi connectivity index (χ2v) is 5.40. The summed E-state index contributed by atoms with van der Waals surface area (Å²) in [4.78, 5) is 0. The van der Waals surface area contributed by atoms with E-state index in [1.165, 1.54) is 0 Å². The normalized spacial score (nSPS) is 20.8. The molecule has 0 bridgehead atoms. The molecule has 2 unspecified atom stereocenters. The minimum atomic E-state index is -0.625. The van der Waals surface area contributed by atoms with Crippen LogP contribution in [0.2, 0.25) is 0 Å². The summed E-state index contributed by atoms with van der Waals surface area (Å²) >= 11 is 12.3. The highest BCUT2D eigenvalue weighted by Gasteiger charge is 2.31. The van der Waals surface area contributed by atoms with Gasteiger partial charge in [-0.25, -0.2) is 0 Å². The summed E-state index contributed by atoms with van der Waals surface area (Å²) in [7, 11) is 0. The van der Waals surface area contributed by atoms with Gasteiger partial charge in [0.2, 0.25) is 0 Å². The molecule has 2 atom stereocenters. The lowest BCUT2D eigenvalue weighted by molar-refractivity contribution is -0.0555. The van der Waals surface area contributed by atoms with Crippen molar-refractivity contribution in [1.29, 1.82) is 0 Å². The molecular weight excluding hydrogens is 207 g/mol. The van der Waals surface area contributed by atoms with Gasteiger partial charge >= 0.3 is 0 Å². The van der Waals surface area contributed by atoms with Crippen LogP contribution in [0.4, 0.5) is 0 Å². The molecule has 0 aliphatic heterocycles. The average molecular weight is 227 g/mol. The second-order valence-electron chi connectivity index (χ2n) is 3.81. The Morgan fingerprint density at radius 2 is 1.23 bits per heavy atom. The van der Waals surface area contributed by atoms with E-state index in [1.807, 2.05) is 13.8 Å². The molecule has 0 radical (unpaired) electrons. The molecule has 0 aromatic rings. The van der Waals surface area contributed by atoms with E-state index in [4.69, 9.17) is 27.9 Å². The van der Waals surface area contributed by atoms with Gasteiger partial charge in [-0.15, -0.1) is 0 Å². The van der Waals surface area contributed by atoms with Crippen LogP contribution in [0.1, 0.15) is 53.4 Å². The van der Waals surface area contributed by atoms with Crippen molar-refractivity contribution in [2.45, 2.75) is 63.5 Å². The zero-order valence-corrected chi connectivity index (χ0v) is 10.5. The van der Waals surface area contributed by atoms with Crippen molar-refractivity contribution >= 4 is 23.2 Å². The highest BCUT2D eigenvalue weighted by molar-refractivity contribution is 6.25. The Kier molecular flexibility index (Phi) is 5.65. The maximum atomic E-state index is 6.15. The third-order valence-corrected chi connectivity index (χ3v) is 2.35. The molecule has 1 nitrogen and oxygen atoms in total. The first-order valence-corrected chi connectivity index (χ1v) is 5.66. The summed E-state index contributed by atoms with van der Waals surface area (Å²) in [5.41, 5.74) is 0. The van der Waals surface area contributed by atoms with Crippen LogP contribution in [-0.4, -0.2) is 10.1 Å². The van der Waals surface area contributed by atoms with E-state index >= 15 is 0 Å². The van der Waals surface area contributed by atoms with Gasteiger partial charge < -0.3 is 4.74 Å². The minimum Gasteiger partial charge on any atom is -0.339 e. The van der Waals surface area contributed by atoms with Crippen molar-refractivity contribution in [3.05, 3.63) is 0 Å². The van der Waals surface area contributed by atoms with Crippen LogP contribution in [-0.2, 0) is 4.74 Å². The molecule has 0 aromatic carbocycles. The summed E-state index contributed by atoms with van der Waals surface area (Å²) in [6, 6.07) is 0. The fourth-order valence-electron chi connectivity index (χ4n) is 1.44. The zero-order chi connectivity index (χ0) is 10.5. The van der Waals surface area contributed by atoms with Crippen LogP contribution in [0.5, 0.6) is 0 Å². The molecule has 80 valence electrons. The average Bonchev–Trinajstić information content (AvgIpc) is 1.82. The highest BCUT2D eigenvalue weighted by Crippen LogP contribution is 2.33. The van der Waals surface area contributed by atoms with E-state index in [0.717, 1.165) is 25.7 Å². The van der Waals surface area contributed by atoms with Crippen LogP contribution < -0.4 is 0 Å². The zero-order valence-electron chi connectivity index (χ0n) is 8.99. The maximum Gasteiger partial charge on any atom is 0.141 e. The third-order valence-electron chi connectivity index (χ3n) is 1.82. The monoisotopic (exact) mass is 226 g/mol. The lowest BCUT2D eigenvalue weighted by Gasteiger charge is -2.32. The fourth-order valence-corrected chi connectivity index (χ4v) is 2.20. The van der Waals surface area contributed by atoms with Crippen LogP contribution in [0.15, 0.2) is 0 Å². The molecule has 0 amide bonds. The van der Waals surface area contributed by atoms with E-state index in [1.54, 1.807) is 0 Å². The van der Waals surface area contributed by atoms with Crippen LogP contribution in [0.25, 0.3) is 0 Å². The molecule has 0 saturated heterocycles. The van der Waals surface area contributed by atoms with E-state index < -0.39 is 10.1 Å². The SMILES string of the molecule is CCCC(C)(Cl)OC(C)(Cl)CCC. The Morgan fingerprint density at radius 3 is 1.46 bits per heavy atom. The smallest absolute Gasteiger partial charge is 0.141 e. The summed E-state index contributed by atoms with van der Waals surface area (Å²) in [6.45, 7) is 7.90. The van der Waals surface area contributed by atoms with E-state index in [0.29, 0.717) is 0 Å². The van der Waals surface area contributed by atoms with Crippen molar-refractivity contribution in [1.82, 2.24) is 0 Å². The maximum absolute atomic E-state index is 6.15. The summed E-state index contributed by atoms with van der Waals surface area (Å²) in [6.07, 6.45) is 3.64. The van der Waals surface area contributed by atoms with Crippen molar-refractivity contribution in [3.8, 4) is 0 Å². The number of rotatable bonds is 6. The van der Waals surface area contributed by atoms with Gasteiger partial charge in [-0.1, -0.05) is 49.9 Å². The summed E-state index contributed by atoms with van der Waals surface area (Å²) in [5, 5.41) is -1.25. The molecule has 0 aliphatic carbocycles. The first-order valence-electron chi connectivity index (χ1n) is 4.91. The van der Waals surface area contributed by atoms with Gasteiger partial charge in [0.1, 0.15) is 10.1 Å². The fraction of sp³-hybridized carbons (Fsp3) is 1.00. The van der Waals surface area contributed by atoms with Crippen LogP contribution in [0, 0.1) is 0 Å². The van der Waals surface area contributed by atoms with Crippen molar-refractivity contribution in [2.24, 2.45) is 0 Å². The highest BCUT2D eigenvalue weighted by atomic mass is 35.5. The molecular formula is C10H20Cl2O. The largest absolute Gasteiger partial charge is 0.339 e. The van der Waals surface area contributed by atoms with Gasteiger partial charge in [0.25, 0.3) is 0 Å². The van der Waals surface area contributed by atoms with Gasteiger partial charge in [-0.3, -0.25) is 0 Å². The first kappa shape index (κ1) is 13.5. The molecule has 0 fully saturated rings. The predicted molar refractivity (Wildman–Crippen MR) is 59.4 cm³/mol. The van der Waals surface area contributed by atoms with E-state index in [2.05, 4.69) is 13.8 Å². The van der Waals surface area contributed by atoms with Gasteiger partial charge in [0.05, 0.1) is 0 Å². The molecule has 0 spiro atoms. The van der Waals surface area contributed by atoms with Crippen molar-refractivity contribution < 1.29 is 4.74 Å². The summed E-state index contributed by atoms with van der Waals surface area (Å²) < 4.78 is 5.64. The Labute approximate surface area is 91.7 Å². The Balaban J connectivity index is 4.07. The molecule has 3 heteroatoms. The van der Waals surface area contributed by atoms with Gasteiger partial charge in [-0.2, -0.15) is 0 Å². The minimum absolute atomic E-state index is 0.625. The summed E-state index contributed by atoms with van der Waals surface area (Å²) in [5.74, 6) is 0. The second kappa shape index (κ2) is 5.43. The van der Waals surface area contributed by atoms with Gasteiger partial charge in [-0.05, 0) is 26.7 Å². The quantitative estimate of drug-likeness (QED) is 0.606. The molecule has 13 heavy (non-hydrogen) atoms. The number of hydrogen-bond acceptors (Lipinski definition) is 1. The van der Waals surface area contributed by atoms with Crippen molar-refractivity contribution in [3.63, 3.8) is 0 Å². The lowest BCUT2D eigenvalue weighted by Crippen LogP contribution is -2.33. The molecule has 0 heterocycles. The van der Waals surface area contributed by atoms with Gasteiger partial charge in [0, 0.05) is 0 Å². The van der Waals surface area contributed by atoms with E-state index in [-0.39, 0.29) is 0 Å². The Hall–Kier alpha value is 0.540. The van der Waals surface area contributed by atoms with Crippen LogP contribution in [0.3, 0.4) is 0 Å². The van der Waals surface area contributed by atoms with Gasteiger partial charge in [0.15, 0.2) is 0 Å². The molecule has 0 aliphatic rings. The topological polar surface area (TPSA) is 9.23 Å². The molecule has 0 rings (SSSR count). The molecule has 0 aromatic heterocycles. The number of hydrogen-bond donors (Lipinski definition) is 0. The Bertz CT molecular complexity index is 128. The first-order chi connectivity index (χ1) is 5.83. The standard InChI is InChI=1S/C10H20Cl2O/c1-5-7-9(3,11)13-10(4,12)8-6-2/h5-8H2,1-4H3. The van der Waals surface area contributed by atoms with E-state index in [9.17, 15) is 0 Å². The number of ether oxygens (including phenoxy) is 1. The predicted octanol–water partition coefficient (Wildman–Crippen LogP) is 4.51. The lowest BCUT2D eigenvalue weighted by atomic mass is 10.2. The molecule has 0 N–H and O–H groups in total. The number of halogens is 2. The molecule has 0 saturated carbocycles.